The van der Waals surface area contributed by atoms with Gasteiger partial charge in [-0.05, 0) is 62.1 Å². The van der Waals surface area contributed by atoms with Crippen molar-refractivity contribution in [2.45, 2.75) is 45.5 Å². The van der Waals surface area contributed by atoms with Gasteiger partial charge in [0.25, 0.3) is 0 Å². The Kier molecular flexibility index (Phi) is 6.38. The number of alkyl halides is 6. The molecule has 2 aliphatic heterocycles. The van der Waals surface area contributed by atoms with E-state index in [4.69, 9.17) is 0 Å². The lowest BCUT2D eigenvalue weighted by Gasteiger charge is -2.26. The van der Waals surface area contributed by atoms with Gasteiger partial charge in [-0.1, -0.05) is 59.7 Å². The lowest BCUT2D eigenvalue weighted by Crippen LogP contribution is -2.49. The SMILES string of the molecule is CC1=C(C2=C(C3=C(C)C=C(c4ccc(C)cc4)S3=O)C(F)(F)C(F)(F)C2(F)F)S(=O)C(c2ccc(C)cc2)=C1. The average Bonchev–Trinajstić information content (AvgIpc) is 3.35. The quantitative estimate of drug-likeness (QED) is 0.344. The van der Waals surface area contributed by atoms with Crippen molar-refractivity contribution in [2.24, 2.45) is 0 Å². The molecule has 39 heavy (non-hydrogen) atoms. The third-order valence-corrected chi connectivity index (χ3v) is 10.3. The Morgan fingerprint density at radius 2 is 0.846 bits per heavy atom. The molecule has 3 aliphatic rings. The van der Waals surface area contributed by atoms with E-state index < -0.39 is 60.3 Å². The second-order valence-corrected chi connectivity index (χ2v) is 12.6. The zero-order chi connectivity index (χ0) is 28.7. The molecule has 2 nitrogen and oxygen atoms in total. The van der Waals surface area contributed by atoms with Gasteiger partial charge in [-0.15, -0.1) is 0 Å². The van der Waals surface area contributed by atoms with Crippen LogP contribution in [-0.4, -0.2) is 26.2 Å². The van der Waals surface area contributed by atoms with Gasteiger partial charge in [0.2, 0.25) is 0 Å². The summed E-state index contributed by atoms with van der Waals surface area (Å²) in [5.74, 6) is -16.6. The lowest BCUT2D eigenvalue weighted by molar-refractivity contribution is -0.263. The van der Waals surface area contributed by atoms with Crippen molar-refractivity contribution in [2.75, 3.05) is 0 Å². The van der Waals surface area contributed by atoms with Gasteiger partial charge in [0, 0.05) is 0 Å². The van der Waals surface area contributed by atoms with E-state index in [1.54, 1.807) is 62.4 Å². The lowest BCUT2D eigenvalue weighted by atomic mass is 10.0. The van der Waals surface area contributed by atoms with Gasteiger partial charge >= 0.3 is 17.8 Å². The summed E-state index contributed by atoms with van der Waals surface area (Å²) in [5, 5.41) is 0. The second-order valence-electron chi connectivity index (χ2n) is 9.78. The molecule has 10 heteroatoms. The maximum atomic E-state index is 15.5. The highest BCUT2D eigenvalue weighted by Gasteiger charge is 2.81. The van der Waals surface area contributed by atoms with Crippen LogP contribution >= 0.6 is 0 Å². The molecule has 5 rings (SSSR count). The first-order chi connectivity index (χ1) is 18.1. The predicted molar refractivity (Wildman–Crippen MR) is 142 cm³/mol. The van der Waals surface area contributed by atoms with E-state index in [0.717, 1.165) is 11.1 Å². The Labute approximate surface area is 226 Å². The number of aryl methyl sites for hydroxylation is 2. The summed E-state index contributed by atoms with van der Waals surface area (Å²) in [5.41, 5.74) is -1.21. The second kappa shape index (κ2) is 9.02. The molecule has 2 atom stereocenters. The molecule has 0 fully saturated rings. The maximum absolute atomic E-state index is 15.5. The fourth-order valence-corrected chi connectivity index (χ4v) is 8.12. The summed E-state index contributed by atoms with van der Waals surface area (Å²) < 4.78 is 119. The largest absolute Gasteiger partial charge is 0.380 e. The van der Waals surface area contributed by atoms with Crippen molar-refractivity contribution in [3.05, 3.63) is 115 Å². The molecular formula is C29H22F6O2S2. The molecular weight excluding hydrogens is 558 g/mol. The molecule has 2 aromatic rings. The van der Waals surface area contributed by atoms with Crippen LogP contribution in [-0.2, 0) is 21.6 Å². The summed E-state index contributed by atoms with van der Waals surface area (Å²) >= 11 is 0. The smallest absolute Gasteiger partial charge is 0.249 e. The number of hydrogen-bond acceptors (Lipinski definition) is 2. The first-order valence-corrected chi connectivity index (χ1v) is 14.1. The van der Waals surface area contributed by atoms with Gasteiger partial charge in [-0.3, -0.25) is 0 Å². The third-order valence-electron chi connectivity index (χ3n) is 6.97. The molecule has 2 aromatic carbocycles. The molecule has 204 valence electrons. The maximum Gasteiger partial charge on any atom is 0.380 e. The van der Waals surface area contributed by atoms with E-state index in [-0.39, 0.29) is 21.0 Å². The van der Waals surface area contributed by atoms with E-state index >= 15 is 17.6 Å². The van der Waals surface area contributed by atoms with Crippen molar-refractivity contribution in [1.29, 1.82) is 0 Å². The molecule has 0 saturated heterocycles. The Bertz CT molecular complexity index is 1500. The van der Waals surface area contributed by atoms with Crippen molar-refractivity contribution >= 4 is 31.4 Å². The average molecular weight is 581 g/mol. The van der Waals surface area contributed by atoms with Crippen LogP contribution in [0.5, 0.6) is 0 Å². The number of hydrogen-bond donors (Lipinski definition) is 0. The van der Waals surface area contributed by atoms with E-state index in [1.165, 1.54) is 26.0 Å². The highest BCUT2D eigenvalue weighted by molar-refractivity contribution is 7.99. The highest BCUT2D eigenvalue weighted by atomic mass is 32.2. The van der Waals surface area contributed by atoms with E-state index in [1.807, 2.05) is 0 Å². The normalized spacial score (nSPS) is 25.5. The van der Waals surface area contributed by atoms with Crippen LogP contribution in [0, 0.1) is 13.8 Å². The van der Waals surface area contributed by atoms with Gasteiger partial charge in [0.1, 0.15) is 0 Å². The standard InChI is InChI=1S/C29H22F6O2S2/c1-15-5-9-19(10-6-15)21-13-17(3)25(38(21)36)23-24(28(32,33)29(34,35)27(23,30)31)26-18(4)14-22(39(26)37)20-11-7-16(2)8-12-20/h5-14H,1-4H3. The molecule has 0 saturated carbocycles. The van der Waals surface area contributed by atoms with Gasteiger partial charge in [0.15, 0.2) is 0 Å². The minimum Gasteiger partial charge on any atom is -0.249 e. The Morgan fingerprint density at radius 1 is 0.538 bits per heavy atom. The number of benzene rings is 2. The Hall–Kier alpha value is -2.98. The molecule has 1 aliphatic carbocycles. The number of halogens is 6. The molecule has 0 spiro atoms. The molecule has 0 radical (unpaired) electrons. The zero-order valence-corrected chi connectivity index (χ0v) is 22.8. The summed E-state index contributed by atoms with van der Waals surface area (Å²) in [6.45, 7) is 6.12. The topological polar surface area (TPSA) is 34.1 Å². The van der Waals surface area contributed by atoms with Crippen molar-refractivity contribution < 1.29 is 34.8 Å². The van der Waals surface area contributed by atoms with Crippen LogP contribution in [0.4, 0.5) is 26.3 Å². The number of allylic oxidation sites excluding steroid dienone is 6. The summed E-state index contributed by atoms with van der Waals surface area (Å²) in [7, 11) is -4.96. The van der Waals surface area contributed by atoms with Crippen molar-refractivity contribution in [1.82, 2.24) is 0 Å². The van der Waals surface area contributed by atoms with Crippen LogP contribution in [0.3, 0.4) is 0 Å². The molecule has 2 heterocycles. The Balaban J connectivity index is 1.70. The molecule has 0 bridgehead atoms. The fourth-order valence-electron chi connectivity index (χ4n) is 4.88. The van der Waals surface area contributed by atoms with Crippen LogP contribution in [0.15, 0.2) is 92.8 Å². The van der Waals surface area contributed by atoms with Crippen LogP contribution < -0.4 is 0 Å². The minimum atomic E-state index is -5.85. The summed E-state index contributed by atoms with van der Waals surface area (Å²) in [4.78, 5) is -1.58. The molecule has 0 N–H and O–H groups in total. The van der Waals surface area contributed by atoms with Crippen LogP contribution in [0.2, 0.25) is 0 Å². The first-order valence-electron chi connectivity index (χ1n) is 11.8. The van der Waals surface area contributed by atoms with E-state index in [9.17, 15) is 17.2 Å². The van der Waals surface area contributed by atoms with Gasteiger partial charge in [-0.2, -0.15) is 26.3 Å². The van der Waals surface area contributed by atoms with Crippen molar-refractivity contribution in [3.63, 3.8) is 0 Å². The molecule has 2 unspecified atom stereocenters. The summed E-state index contributed by atoms with van der Waals surface area (Å²) in [6.07, 6.45) is 2.54. The minimum absolute atomic E-state index is 0.0281. The zero-order valence-electron chi connectivity index (χ0n) is 21.2. The third kappa shape index (κ3) is 3.89. The Morgan fingerprint density at radius 3 is 1.15 bits per heavy atom. The van der Waals surface area contributed by atoms with Gasteiger partial charge in [0.05, 0.1) is 52.4 Å². The van der Waals surface area contributed by atoms with Crippen LogP contribution in [0.25, 0.3) is 9.81 Å². The fraction of sp³-hybridized carbons (Fsp3) is 0.241. The van der Waals surface area contributed by atoms with Gasteiger partial charge < -0.3 is 0 Å². The summed E-state index contributed by atoms with van der Waals surface area (Å²) in [6, 6.07) is 13.1. The van der Waals surface area contributed by atoms with E-state index in [2.05, 4.69) is 0 Å². The molecule has 0 amide bonds. The predicted octanol–water partition coefficient (Wildman–Crippen LogP) is 7.97. The monoisotopic (exact) mass is 580 g/mol. The highest BCUT2D eigenvalue weighted by Crippen LogP contribution is 2.65. The first kappa shape index (κ1) is 27.6. The van der Waals surface area contributed by atoms with E-state index in [0.29, 0.717) is 11.1 Å². The molecule has 0 aromatic heterocycles. The van der Waals surface area contributed by atoms with Gasteiger partial charge in [-0.25, -0.2) is 8.42 Å². The van der Waals surface area contributed by atoms with Crippen molar-refractivity contribution in [3.8, 4) is 0 Å². The number of rotatable bonds is 4. The van der Waals surface area contributed by atoms with Crippen LogP contribution in [0.1, 0.15) is 36.1 Å².